The first-order valence-electron chi connectivity index (χ1n) is 10.2. The Hall–Kier alpha value is 0.957. The Morgan fingerprint density at radius 1 is 0.933 bits per heavy atom. The minimum absolute atomic E-state index is 0.266. The van der Waals surface area contributed by atoms with E-state index in [2.05, 4.69) is 50.9 Å². The second-order valence-electron chi connectivity index (χ2n) is 6.57. The lowest BCUT2D eigenvalue weighted by molar-refractivity contribution is 0.0529. The second kappa shape index (κ2) is 15.7. The third-order valence-corrected chi connectivity index (χ3v) is 17.4. The Morgan fingerprint density at radius 2 is 1.57 bits per heavy atom. The SMILES string of the molecule is CCCO[Si](OCCC)(OCCC)C(C)CSSSSSc1nc2ccccc2s1. The molecule has 1 heterocycles. The highest BCUT2D eigenvalue weighted by atomic mass is 33.8. The number of rotatable bonds is 17. The van der Waals surface area contributed by atoms with Crippen LogP contribution in [0.2, 0.25) is 5.54 Å². The third kappa shape index (κ3) is 9.07. The summed E-state index contributed by atoms with van der Waals surface area (Å²) in [6.07, 6.45) is 2.93. The smallest absolute Gasteiger partial charge is 0.373 e. The molecule has 170 valence electrons. The number of aromatic nitrogens is 1. The Kier molecular flexibility index (Phi) is 14.3. The van der Waals surface area contributed by atoms with Crippen molar-refractivity contribution in [3.05, 3.63) is 24.3 Å². The molecular formula is C19H31NO3S6Si. The van der Waals surface area contributed by atoms with Crippen molar-refractivity contribution in [2.75, 3.05) is 25.6 Å². The maximum Gasteiger partial charge on any atom is 0.504 e. The van der Waals surface area contributed by atoms with Gasteiger partial charge in [-0.3, -0.25) is 0 Å². The van der Waals surface area contributed by atoms with Crippen molar-refractivity contribution in [2.45, 2.75) is 56.8 Å². The van der Waals surface area contributed by atoms with E-state index in [1.165, 1.54) is 4.70 Å². The minimum atomic E-state index is -2.67. The number of hydrogen-bond donors (Lipinski definition) is 0. The van der Waals surface area contributed by atoms with Gasteiger partial charge < -0.3 is 13.3 Å². The lowest BCUT2D eigenvalue weighted by Crippen LogP contribution is -2.50. The van der Waals surface area contributed by atoms with Crippen molar-refractivity contribution in [1.82, 2.24) is 4.98 Å². The molecule has 30 heavy (non-hydrogen) atoms. The quantitative estimate of drug-likeness (QED) is 0.111. The number of benzene rings is 1. The van der Waals surface area contributed by atoms with Gasteiger partial charge in [0.15, 0.2) is 4.34 Å². The van der Waals surface area contributed by atoms with Gasteiger partial charge in [-0.15, -0.1) is 11.3 Å². The number of fused-ring (bicyclic) bond motifs is 1. The maximum atomic E-state index is 6.26. The monoisotopic (exact) mass is 541 g/mol. The van der Waals surface area contributed by atoms with E-state index in [9.17, 15) is 0 Å². The topological polar surface area (TPSA) is 40.6 Å². The molecule has 2 aromatic rings. The van der Waals surface area contributed by atoms with Crippen LogP contribution >= 0.6 is 62.4 Å². The average Bonchev–Trinajstić information content (AvgIpc) is 3.18. The van der Waals surface area contributed by atoms with E-state index in [0.29, 0.717) is 19.8 Å². The number of para-hydroxylation sites is 1. The van der Waals surface area contributed by atoms with Crippen LogP contribution in [0.5, 0.6) is 0 Å². The molecule has 2 rings (SSSR count). The molecule has 4 nitrogen and oxygen atoms in total. The molecular weight excluding hydrogens is 511 g/mol. The molecule has 0 aliphatic rings. The summed E-state index contributed by atoms with van der Waals surface area (Å²) in [5.41, 5.74) is 1.35. The van der Waals surface area contributed by atoms with Crippen LogP contribution in [0.25, 0.3) is 10.2 Å². The third-order valence-electron chi connectivity index (χ3n) is 3.93. The fourth-order valence-corrected chi connectivity index (χ4v) is 16.6. The summed E-state index contributed by atoms with van der Waals surface area (Å²) in [5.74, 6) is 0.952. The Bertz CT molecular complexity index is 668. The van der Waals surface area contributed by atoms with E-state index in [-0.39, 0.29) is 5.54 Å². The Labute approximate surface area is 205 Å². The molecule has 1 aromatic heterocycles. The highest BCUT2D eigenvalue weighted by Crippen LogP contribution is 2.52. The average molecular weight is 542 g/mol. The van der Waals surface area contributed by atoms with Gasteiger partial charge in [0.25, 0.3) is 0 Å². The van der Waals surface area contributed by atoms with Gasteiger partial charge in [0.2, 0.25) is 0 Å². The van der Waals surface area contributed by atoms with Gasteiger partial charge in [-0.2, -0.15) is 0 Å². The lowest BCUT2D eigenvalue weighted by atomic mass is 10.3. The van der Waals surface area contributed by atoms with E-state index in [4.69, 9.17) is 13.3 Å². The summed E-state index contributed by atoms with van der Waals surface area (Å²) in [7, 11) is 6.27. The summed E-state index contributed by atoms with van der Waals surface area (Å²) >= 11 is 1.75. The normalized spacial score (nSPS) is 13.2. The van der Waals surface area contributed by atoms with E-state index < -0.39 is 8.80 Å². The van der Waals surface area contributed by atoms with Crippen LogP contribution in [-0.4, -0.2) is 39.4 Å². The molecule has 1 aromatic carbocycles. The van der Waals surface area contributed by atoms with Crippen LogP contribution in [0, 0.1) is 0 Å². The Balaban J connectivity index is 1.76. The number of nitrogens with zero attached hydrogens (tertiary/aromatic N) is 1. The van der Waals surface area contributed by atoms with Gasteiger partial charge >= 0.3 is 8.80 Å². The maximum absolute atomic E-state index is 6.26. The second-order valence-corrected chi connectivity index (χ2v) is 18.6. The molecule has 0 aliphatic heterocycles. The first-order valence-corrected chi connectivity index (χ1v) is 19.2. The van der Waals surface area contributed by atoms with E-state index in [1.54, 1.807) is 51.6 Å². The van der Waals surface area contributed by atoms with Gasteiger partial charge in [-0.05, 0) is 71.7 Å². The van der Waals surface area contributed by atoms with Crippen LogP contribution in [0.1, 0.15) is 47.0 Å². The van der Waals surface area contributed by atoms with Crippen LogP contribution in [0.3, 0.4) is 0 Å². The molecule has 0 radical (unpaired) electrons. The minimum Gasteiger partial charge on any atom is -0.373 e. The standard InChI is InChI=1S/C19H31NO3S6Si/c1-5-12-21-30(22-13-6-2,23-14-7-3)16(4)15-24-27-29-28-26-19-20-17-10-8-9-11-18(17)25-19/h8-11,16H,5-7,12-15H2,1-4H3. The highest BCUT2D eigenvalue weighted by molar-refractivity contribution is 9.35. The summed E-state index contributed by atoms with van der Waals surface area (Å²) in [4.78, 5) is 4.66. The molecule has 0 N–H and O–H groups in total. The lowest BCUT2D eigenvalue weighted by Gasteiger charge is -2.34. The molecule has 0 saturated carbocycles. The molecule has 0 fully saturated rings. The van der Waals surface area contributed by atoms with E-state index in [0.717, 1.165) is 34.9 Å². The molecule has 0 aliphatic carbocycles. The fraction of sp³-hybridized carbons (Fsp3) is 0.632. The molecule has 11 heteroatoms. The number of hydrogen-bond acceptors (Lipinski definition) is 10. The largest absolute Gasteiger partial charge is 0.504 e. The highest BCUT2D eigenvalue weighted by Gasteiger charge is 2.47. The van der Waals surface area contributed by atoms with E-state index >= 15 is 0 Å². The summed E-state index contributed by atoms with van der Waals surface area (Å²) < 4.78 is 21.1. The zero-order valence-corrected chi connectivity index (χ0v) is 23.9. The van der Waals surface area contributed by atoms with Crippen molar-refractivity contribution in [1.29, 1.82) is 0 Å². The van der Waals surface area contributed by atoms with Crippen molar-refractivity contribution in [3.8, 4) is 0 Å². The van der Waals surface area contributed by atoms with Crippen molar-refractivity contribution >= 4 is 81.4 Å². The van der Waals surface area contributed by atoms with Gasteiger partial charge in [0, 0.05) is 31.1 Å². The zero-order chi connectivity index (χ0) is 21.7. The van der Waals surface area contributed by atoms with Crippen LogP contribution in [-0.2, 0) is 13.3 Å². The molecule has 0 amide bonds. The summed E-state index contributed by atoms with van der Waals surface area (Å²) in [5, 5.41) is 0. The fourth-order valence-electron chi connectivity index (χ4n) is 2.48. The molecule has 0 bridgehead atoms. The predicted octanol–water partition coefficient (Wildman–Crippen LogP) is 8.59. The molecule has 0 saturated heterocycles. The van der Waals surface area contributed by atoms with Crippen molar-refractivity contribution in [3.63, 3.8) is 0 Å². The van der Waals surface area contributed by atoms with Crippen molar-refractivity contribution in [2.24, 2.45) is 0 Å². The zero-order valence-electron chi connectivity index (χ0n) is 18.0. The van der Waals surface area contributed by atoms with Crippen LogP contribution in [0.15, 0.2) is 28.6 Å². The molecule has 1 unspecified atom stereocenters. The van der Waals surface area contributed by atoms with Crippen LogP contribution in [0.4, 0.5) is 0 Å². The van der Waals surface area contributed by atoms with Crippen LogP contribution < -0.4 is 0 Å². The van der Waals surface area contributed by atoms with Gasteiger partial charge in [0.1, 0.15) is 0 Å². The first-order chi connectivity index (χ1) is 14.6. The predicted molar refractivity (Wildman–Crippen MR) is 145 cm³/mol. The summed E-state index contributed by atoms with van der Waals surface area (Å²) in [6.45, 7) is 10.7. The van der Waals surface area contributed by atoms with Gasteiger partial charge in [-0.1, -0.05) is 50.6 Å². The van der Waals surface area contributed by atoms with E-state index in [1.807, 2.05) is 16.9 Å². The Morgan fingerprint density at radius 3 is 2.17 bits per heavy atom. The molecule has 0 spiro atoms. The number of thiazole rings is 1. The van der Waals surface area contributed by atoms with Gasteiger partial charge in [-0.25, -0.2) is 4.98 Å². The van der Waals surface area contributed by atoms with Crippen molar-refractivity contribution < 1.29 is 13.3 Å². The first kappa shape index (κ1) is 27.2. The molecule has 1 atom stereocenters. The summed E-state index contributed by atoms with van der Waals surface area (Å²) in [6, 6.07) is 8.29. The van der Waals surface area contributed by atoms with Gasteiger partial charge in [0.05, 0.1) is 10.2 Å².